The van der Waals surface area contributed by atoms with E-state index in [1.165, 1.54) is 32.9 Å². The Hall–Kier alpha value is -7.17. The van der Waals surface area contributed by atoms with Crippen LogP contribution in [-0.4, -0.2) is 14.1 Å². The number of para-hydroxylation sites is 5. The molecule has 0 N–H and O–H groups in total. The van der Waals surface area contributed by atoms with Crippen molar-refractivity contribution in [3.63, 3.8) is 0 Å². The fourth-order valence-electron chi connectivity index (χ4n) is 8.12. The van der Waals surface area contributed by atoms with Gasteiger partial charge in [-0.25, -0.2) is 4.98 Å². The quantitative estimate of drug-likeness (QED) is 0.182. The van der Waals surface area contributed by atoms with E-state index in [2.05, 4.69) is 185 Å². The molecule has 8 aromatic carbocycles. The first-order chi connectivity index (χ1) is 26.3. The van der Waals surface area contributed by atoms with E-state index in [0.717, 1.165) is 66.9 Å². The topological polar surface area (TPSA) is 35.9 Å². The van der Waals surface area contributed by atoms with Crippen molar-refractivity contribution in [3.05, 3.63) is 188 Å². The molecule has 11 aromatic rings. The van der Waals surface area contributed by atoms with Crippen LogP contribution in [0.3, 0.4) is 0 Å². The second kappa shape index (κ2) is 11.7. The van der Waals surface area contributed by atoms with Crippen LogP contribution in [0, 0.1) is 0 Å². The Kier molecular flexibility index (Phi) is 6.52. The summed E-state index contributed by atoms with van der Waals surface area (Å²) in [6.45, 7) is 0. The molecule has 4 heteroatoms. The summed E-state index contributed by atoms with van der Waals surface area (Å²) in [5.74, 6) is 0.884. The average molecular weight is 678 g/mol. The van der Waals surface area contributed by atoms with Crippen LogP contribution in [0.5, 0.6) is 0 Å². The fraction of sp³-hybridized carbons (Fsp3) is 0. The van der Waals surface area contributed by atoms with Crippen LogP contribution in [0.1, 0.15) is 0 Å². The molecule has 0 saturated carbocycles. The Balaban J connectivity index is 1.15. The van der Waals surface area contributed by atoms with E-state index in [4.69, 9.17) is 9.40 Å². The van der Waals surface area contributed by atoms with E-state index in [1.807, 2.05) is 12.1 Å². The maximum Gasteiger partial charge on any atom is 0.159 e. The number of hydrogen-bond donors (Lipinski definition) is 0. The van der Waals surface area contributed by atoms with Crippen molar-refractivity contribution >= 4 is 54.8 Å². The van der Waals surface area contributed by atoms with Gasteiger partial charge in [0, 0.05) is 38.4 Å². The summed E-state index contributed by atoms with van der Waals surface area (Å²) in [6, 6.07) is 66.5. The number of rotatable bonds is 5. The first-order valence-electron chi connectivity index (χ1n) is 18.0. The molecular formula is C49H31N3O. The van der Waals surface area contributed by atoms with Crippen molar-refractivity contribution in [1.29, 1.82) is 0 Å². The third kappa shape index (κ3) is 4.59. The number of benzene rings is 8. The first kappa shape index (κ1) is 29.5. The lowest BCUT2D eigenvalue weighted by Crippen LogP contribution is -1.98. The molecular weight excluding hydrogens is 647 g/mol. The highest BCUT2D eigenvalue weighted by Gasteiger charge is 2.21. The van der Waals surface area contributed by atoms with Gasteiger partial charge in [0.25, 0.3) is 0 Å². The molecule has 3 aromatic heterocycles. The van der Waals surface area contributed by atoms with Crippen molar-refractivity contribution in [3.8, 4) is 45.0 Å². The van der Waals surface area contributed by atoms with Crippen molar-refractivity contribution in [2.75, 3.05) is 0 Å². The van der Waals surface area contributed by atoms with E-state index in [1.54, 1.807) is 0 Å². The highest BCUT2D eigenvalue weighted by molar-refractivity contribution is 6.15. The van der Waals surface area contributed by atoms with Gasteiger partial charge in [0.1, 0.15) is 11.4 Å². The lowest BCUT2D eigenvalue weighted by Gasteiger charge is -2.10. The summed E-state index contributed by atoms with van der Waals surface area (Å²) in [4.78, 5) is 5.11. The highest BCUT2D eigenvalue weighted by atomic mass is 16.3. The second-order valence-electron chi connectivity index (χ2n) is 13.6. The van der Waals surface area contributed by atoms with E-state index in [9.17, 15) is 0 Å². The zero-order valence-corrected chi connectivity index (χ0v) is 28.6. The van der Waals surface area contributed by atoms with Gasteiger partial charge in [0.2, 0.25) is 0 Å². The van der Waals surface area contributed by atoms with E-state index in [-0.39, 0.29) is 0 Å². The molecule has 3 heterocycles. The fourth-order valence-corrected chi connectivity index (χ4v) is 8.12. The molecule has 0 aliphatic rings. The zero-order valence-electron chi connectivity index (χ0n) is 28.6. The van der Waals surface area contributed by atoms with Gasteiger partial charge >= 0.3 is 0 Å². The molecule has 0 unspecified atom stereocenters. The number of nitrogens with zero attached hydrogens (tertiary/aromatic N) is 3. The van der Waals surface area contributed by atoms with Crippen molar-refractivity contribution in [2.24, 2.45) is 0 Å². The molecule has 0 atom stereocenters. The van der Waals surface area contributed by atoms with Crippen LogP contribution in [0.15, 0.2) is 192 Å². The SMILES string of the molecule is c1ccc(-c2ccc3c(c2)c2cc(-c4cccc5c4oc4c(-n6c(-c7ccccc7)nc7ccccc76)cccc45)ccc2n3-c2ccccc2)cc1. The molecule has 0 amide bonds. The van der Waals surface area contributed by atoms with Gasteiger partial charge in [-0.3, -0.25) is 4.57 Å². The van der Waals surface area contributed by atoms with Crippen molar-refractivity contribution in [1.82, 2.24) is 14.1 Å². The van der Waals surface area contributed by atoms with Crippen LogP contribution >= 0.6 is 0 Å². The molecule has 0 saturated heterocycles. The predicted octanol–water partition coefficient (Wildman–Crippen LogP) is 13.0. The molecule has 0 bridgehead atoms. The second-order valence-corrected chi connectivity index (χ2v) is 13.6. The number of fused-ring (bicyclic) bond motifs is 7. The van der Waals surface area contributed by atoms with E-state index < -0.39 is 0 Å². The summed E-state index contributed by atoms with van der Waals surface area (Å²) in [7, 11) is 0. The van der Waals surface area contributed by atoms with Crippen molar-refractivity contribution in [2.45, 2.75) is 0 Å². The number of aromatic nitrogens is 3. The van der Waals surface area contributed by atoms with Gasteiger partial charge in [0.05, 0.1) is 27.8 Å². The normalized spacial score (nSPS) is 11.8. The van der Waals surface area contributed by atoms with Crippen LogP contribution in [0.25, 0.3) is 99.8 Å². The van der Waals surface area contributed by atoms with Gasteiger partial charge in [-0.2, -0.15) is 0 Å². The third-order valence-corrected chi connectivity index (χ3v) is 10.5. The minimum atomic E-state index is 0.838. The van der Waals surface area contributed by atoms with Gasteiger partial charge in [0.15, 0.2) is 5.58 Å². The summed E-state index contributed by atoms with van der Waals surface area (Å²) in [5.41, 5.74) is 13.8. The van der Waals surface area contributed by atoms with Gasteiger partial charge in [-0.05, 0) is 71.3 Å². The van der Waals surface area contributed by atoms with Gasteiger partial charge < -0.3 is 8.98 Å². The van der Waals surface area contributed by atoms with E-state index in [0.29, 0.717) is 0 Å². The number of furan rings is 1. The lowest BCUT2D eigenvalue weighted by molar-refractivity contribution is 0.667. The molecule has 0 radical (unpaired) electrons. The highest BCUT2D eigenvalue weighted by Crippen LogP contribution is 2.42. The Labute approximate surface area is 305 Å². The van der Waals surface area contributed by atoms with Gasteiger partial charge in [-0.1, -0.05) is 133 Å². The molecule has 4 nitrogen and oxygen atoms in total. The van der Waals surface area contributed by atoms with Crippen LogP contribution in [-0.2, 0) is 0 Å². The molecule has 11 rings (SSSR count). The monoisotopic (exact) mass is 677 g/mol. The Morgan fingerprint density at radius 1 is 0.377 bits per heavy atom. The maximum atomic E-state index is 7.03. The standard InChI is InChI=1S/C49H31N3O/c1-4-14-32(15-5-1)34-26-28-43-40(30-34)41-31-35(27-29-44(41)51(43)36-18-8-3-9-19-36)37-20-12-21-38-39-22-13-25-46(48(39)53-47(37)38)52-45-24-11-10-23-42(45)50-49(52)33-16-6-2-7-17-33/h1-31H. The molecule has 0 spiro atoms. The predicted molar refractivity (Wildman–Crippen MR) is 219 cm³/mol. The first-order valence-corrected chi connectivity index (χ1v) is 18.0. The maximum absolute atomic E-state index is 7.03. The molecule has 0 aliphatic carbocycles. The largest absolute Gasteiger partial charge is 0.453 e. The van der Waals surface area contributed by atoms with E-state index >= 15 is 0 Å². The summed E-state index contributed by atoms with van der Waals surface area (Å²) < 4.78 is 11.6. The average Bonchev–Trinajstić information content (AvgIpc) is 3.91. The zero-order chi connectivity index (χ0) is 34.9. The van der Waals surface area contributed by atoms with Crippen molar-refractivity contribution < 1.29 is 4.42 Å². The minimum absolute atomic E-state index is 0.838. The van der Waals surface area contributed by atoms with Crippen LogP contribution in [0.2, 0.25) is 0 Å². The van der Waals surface area contributed by atoms with Crippen LogP contribution in [0.4, 0.5) is 0 Å². The summed E-state index contributed by atoms with van der Waals surface area (Å²) in [5, 5.41) is 4.57. The molecule has 53 heavy (non-hydrogen) atoms. The molecule has 0 fully saturated rings. The summed E-state index contributed by atoms with van der Waals surface area (Å²) in [6.07, 6.45) is 0. The lowest BCUT2D eigenvalue weighted by atomic mass is 9.99. The Morgan fingerprint density at radius 3 is 1.74 bits per heavy atom. The van der Waals surface area contributed by atoms with Crippen LogP contribution < -0.4 is 0 Å². The third-order valence-electron chi connectivity index (χ3n) is 10.5. The molecule has 248 valence electrons. The minimum Gasteiger partial charge on any atom is -0.453 e. The number of imidazole rings is 1. The molecule has 0 aliphatic heterocycles. The Bertz CT molecular complexity index is 3150. The van der Waals surface area contributed by atoms with Gasteiger partial charge in [-0.15, -0.1) is 0 Å². The Morgan fingerprint density at radius 2 is 0.981 bits per heavy atom. The smallest absolute Gasteiger partial charge is 0.159 e. The summed E-state index contributed by atoms with van der Waals surface area (Å²) >= 11 is 0. The number of hydrogen-bond acceptors (Lipinski definition) is 2.